The fourth-order valence-corrected chi connectivity index (χ4v) is 17.0. The molecule has 1 aliphatic carbocycles. The number of nitrogens with zero attached hydrogens (tertiary/aromatic N) is 2. The van der Waals surface area contributed by atoms with Gasteiger partial charge in [0.15, 0.2) is 0 Å². The van der Waals surface area contributed by atoms with Gasteiger partial charge in [0.25, 0.3) is 0 Å². The summed E-state index contributed by atoms with van der Waals surface area (Å²) in [4.78, 5) is 4.57. The summed E-state index contributed by atoms with van der Waals surface area (Å²) in [7, 11) is 10.6. The minimum absolute atomic E-state index is 0.00318. The molecule has 0 saturated heterocycles. The van der Waals surface area contributed by atoms with Crippen molar-refractivity contribution >= 4 is 11.4 Å². The van der Waals surface area contributed by atoms with Crippen molar-refractivity contribution in [3.8, 4) is 5.75 Å². The van der Waals surface area contributed by atoms with E-state index >= 15 is 0 Å². The van der Waals surface area contributed by atoms with Gasteiger partial charge in [0.2, 0.25) is 0 Å². The molecule has 4 heteroatoms. The van der Waals surface area contributed by atoms with Crippen molar-refractivity contribution in [2.45, 2.75) is 72.2 Å². The number of anilines is 2. The Labute approximate surface area is 273 Å². The van der Waals surface area contributed by atoms with Crippen LogP contribution in [0.15, 0.2) is 80.3 Å². The first-order valence-corrected chi connectivity index (χ1v) is 21.2. The van der Waals surface area contributed by atoms with Crippen molar-refractivity contribution in [3.05, 3.63) is 108 Å². The Morgan fingerprint density at radius 2 is 1.23 bits per heavy atom. The van der Waals surface area contributed by atoms with Crippen LogP contribution in [-0.4, -0.2) is 35.3 Å². The van der Waals surface area contributed by atoms with Gasteiger partial charge in [-0.25, -0.2) is 0 Å². The van der Waals surface area contributed by atoms with E-state index in [1.165, 1.54) is 51.2 Å². The normalized spacial score (nSPS) is 13.7. The molecule has 0 fully saturated rings. The van der Waals surface area contributed by atoms with Crippen molar-refractivity contribution < 1.29 is 32.2 Å². The Hall–Kier alpha value is -2.36. The summed E-state index contributed by atoms with van der Waals surface area (Å²) in [5.74, 6) is 1.06. The van der Waals surface area contributed by atoms with Crippen LogP contribution in [0.3, 0.4) is 0 Å². The Balaban J connectivity index is 1.95. The molecule has 228 valence electrons. The predicted molar refractivity (Wildman–Crippen MR) is 184 cm³/mol. The zero-order valence-electron chi connectivity index (χ0n) is 28.9. The van der Waals surface area contributed by atoms with Crippen molar-refractivity contribution in [2.75, 3.05) is 45.1 Å². The second-order valence-corrected chi connectivity index (χ2v) is 21.3. The van der Waals surface area contributed by atoms with Crippen LogP contribution in [-0.2, 0) is 44.7 Å². The van der Waals surface area contributed by atoms with E-state index in [2.05, 4.69) is 153 Å². The van der Waals surface area contributed by atoms with Crippen LogP contribution in [0.5, 0.6) is 5.75 Å². The van der Waals surface area contributed by atoms with E-state index in [9.17, 15) is 0 Å². The average molecular weight is 655 g/mol. The first-order valence-electron chi connectivity index (χ1n) is 15.8. The topological polar surface area (TPSA) is 15.7 Å². The van der Waals surface area contributed by atoms with E-state index < -0.39 is 27.4 Å². The molecule has 0 bridgehead atoms. The van der Waals surface area contributed by atoms with Gasteiger partial charge in [-0.05, 0) is 0 Å². The number of allylic oxidation sites excluding steroid dienone is 4. The molecule has 3 aromatic rings. The fourth-order valence-electron chi connectivity index (χ4n) is 7.10. The summed E-state index contributed by atoms with van der Waals surface area (Å²) in [5, 5.41) is 0. The van der Waals surface area contributed by atoms with Crippen LogP contribution in [0.4, 0.5) is 11.4 Å². The van der Waals surface area contributed by atoms with Crippen LogP contribution >= 0.6 is 0 Å². The summed E-state index contributed by atoms with van der Waals surface area (Å²) < 4.78 is 10.4. The number of ether oxygens (including phenoxy) is 1. The summed E-state index contributed by atoms with van der Waals surface area (Å²) in [6.07, 6.45) is 3.53. The van der Waals surface area contributed by atoms with Crippen LogP contribution in [0.2, 0.25) is 0 Å². The standard InChI is InChI=1S/C21H29O.2C9H12N.Y/c1-14-9-10-16(11-14)21(6,7)18-13-15(2)12-17(19(18)22-8)20(3,4)5;2*1-8-6-4-5-7-9(8)10(2)3;/h9,12-13H,10H2,1-8H3;2*4-7H,1H2,2-3H3;. The van der Waals surface area contributed by atoms with Crippen molar-refractivity contribution in [1.29, 1.82) is 0 Å². The molecule has 0 spiro atoms. The van der Waals surface area contributed by atoms with Crippen LogP contribution in [0, 0.1) is 6.92 Å². The summed E-state index contributed by atoms with van der Waals surface area (Å²) in [6, 6.07) is 22.8. The van der Waals surface area contributed by atoms with Crippen LogP contribution < -0.4 is 14.5 Å². The number of hydrogen-bond acceptors (Lipinski definition) is 3. The molecule has 0 heterocycles. The zero-order valence-corrected chi connectivity index (χ0v) is 31.7. The molecule has 4 rings (SSSR count). The number of hydrogen-bond donors (Lipinski definition) is 0. The number of benzene rings is 3. The summed E-state index contributed by atoms with van der Waals surface area (Å²) in [5.41, 5.74) is 12.6. The Morgan fingerprint density at radius 3 is 1.70 bits per heavy atom. The SMILES string of the molecule is COc1c(C(C)(C)C)cc(C)cc1C(C)(C)C1=[C]([Y]([CH2]c2ccccc2N(C)C)[CH2]c2ccccc2N(C)C)C(C)=CC1. The van der Waals surface area contributed by atoms with E-state index in [1.54, 1.807) is 7.96 Å². The number of rotatable bonds is 10. The quantitative estimate of drug-likeness (QED) is 0.217. The molecule has 3 aromatic carbocycles. The van der Waals surface area contributed by atoms with E-state index in [4.69, 9.17) is 4.74 Å². The van der Waals surface area contributed by atoms with Crippen molar-refractivity contribution in [1.82, 2.24) is 0 Å². The average Bonchev–Trinajstić information content (AvgIpc) is 3.34. The predicted octanol–water partition coefficient (Wildman–Crippen LogP) is 9.33. The van der Waals surface area contributed by atoms with Gasteiger partial charge < -0.3 is 0 Å². The van der Waals surface area contributed by atoms with Gasteiger partial charge >= 0.3 is 275 Å². The molecular formula is C39H53N2OY. The molecule has 0 aliphatic heterocycles. The van der Waals surface area contributed by atoms with Gasteiger partial charge in [0, 0.05) is 0 Å². The number of methoxy groups -OCH3 is 1. The Bertz CT molecular complexity index is 1470. The molecule has 0 amide bonds. The molecule has 43 heavy (non-hydrogen) atoms. The van der Waals surface area contributed by atoms with Gasteiger partial charge in [0.1, 0.15) is 0 Å². The number of para-hydroxylation sites is 2. The molecule has 0 N–H and O–H groups in total. The third kappa shape index (κ3) is 7.15. The van der Waals surface area contributed by atoms with Crippen LogP contribution in [0.1, 0.15) is 75.8 Å². The van der Waals surface area contributed by atoms with E-state index in [0.29, 0.717) is 0 Å². The van der Waals surface area contributed by atoms with Crippen LogP contribution in [0.25, 0.3) is 0 Å². The third-order valence-corrected chi connectivity index (χ3v) is 17.9. The first-order chi connectivity index (χ1) is 20.2. The van der Waals surface area contributed by atoms with E-state index in [1.807, 2.05) is 7.11 Å². The molecule has 0 unspecified atom stereocenters. The van der Waals surface area contributed by atoms with Gasteiger partial charge in [-0.15, -0.1) is 0 Å². The molecule has 1 aliphatic rings. The molecule has 3 nitrogen and oxygen atoms in total. The second-order valence-electron chi connectivity index (χ2n) is 14.4. The molecular weight excluding hydrogens is 601 g/mol. The van der Waals surface area contributed by atoms with Gasteiger partial charge in [0.05, 0.1) is 0 Å². The Morgan fingerprint density at radius 1 is 0.744 bits per heavy atom. The monoisotopic (exact) mass is 654 g/mol. The second kappa shape index (κ2) is 13.3. The van der Waals surface area contributed by atoms with E-state index in [-0.39, 0.29) is 10.8 Å². The summed E-state index contributed by atoms with van der Waals surface area (Å²) >= 11 is -2.56. The maximum atomic E-state index is 6.27. The molecule has 0 atom stereocenters. The first kappa shape index (κ1) is 33.5. The van der Waals surface area contributed by atoms with Gasteiger partial charge in [-0.3, -0.25) is 0 Å². The molecule has 0 aromatic heterocycles. The fraction of sp³-hybridized carbons (Fsp3) is 0.436. The van der Waals surface area contributed by atoms with Crippen molar-refractivity contribution in [3.63, 3.8) is 0 Å². The summed E-state index contributed by atoms with van der Waals surface area (Å²) in [6.45, 7) is 16.4. The molecule has 0 saturated carbocycles. The van der Waals surface area contributed by atoms with Gasteiger partial charge in [-0.2, -0.15) is 0 Å². The third-order valence-electron chi connectivity index (χ3n) is 9.32. The molecule has 0 radical (unpaired) electrons. The number of aryl methyl sites for hydroxylation is 1. The van der Waals surface area contributed by atoms with Crippen molar-refractivity contribution in [2.24, 2.45) is 0 Å². The minimum atomic E-state index is -2.56. The Kier molecular flexibility index (Phi) is 10.4. The zero-order chi connectivity index (χ0) is 31.7. The van der Waals surface area contributed by atoms with Gasteiger partial charge in [-0.1, -0.05) is 0 Å². The van der Waals surface area contributed by atoms with E-state index in [0.717, 1.165) is 12.2 Å². The maximum absolute atomic E-state index is 6.27.